The zero-order valence-electron chi connectivity index (χ0n) is 22.2. The molecule has 1 aliphatic heterocycles. The standard InChI is InChI=1S/C29H29F2N3O5S/c1-19-16-34(20(2)18-35)29(36)23-14-21(12-13-22-8-4-5-9-24(22)30)15-32-28(23)39-26(19)17-33(3)40(37,38)27-11-7-6-10-25(27)31/h4-11,14-15,19-20,26,35H,16-18H2,1-3H3/t19-,20-,26-/m0/s1. The molecule has 1 N–H and O–H groups in total. The van der Waals surface area contributed by atoms with Crippen molar-refractivity contribution < 1.29 is 31.8 Å². The Kier molecular flexibility index (Phi) is 8.83. The lowest BCUT2D eigenvalue weighted by molar-refractivity contribution is 0.0373. The summed E-state index contributed by atoms with van der Waals surface area (Å²) >= 11 is 0. The summed E-state index contributed by atoms with van der Waals surface area (Å²) in [6.45, 7) is 3.15. The first-order valence-electron chi connectivity index (χ1n) is 12.6. The number of benzene rings is 2. The molecule has 2 heterocycles. The summed E-state index contributed by atoms with van der Waals surface area (Å²) in [6, 6.07) is 12.0. The predicted octanol–water partition coefficient (Wildman–Crippen LogP) is 3.30. The van der Waals surface area contributed by atoms with Crippen LogP contribution in [0.1, 0.15) is 35.3 Å². The van der Waals surface area contributed by atoms with Gasteiger partial charge in [-0.15, -0.1) is 0 Å². The topological polar surface area (TPSA) is 100 Å². The van der Waals surface area contributed by atoms with Crippen LogP contribution in [0.5, 0.6) is 5.88 Å². The van der Waals surface area contributed by atoms with Gasteiger partial charge in [0.05, 0.1) is 24.8 Å². The third-order valence-electron chi connectivity index (χ3n) is 6.70. The minimum Gasteiger partial charge on any atom is -0.472 e. The van der Waals surface area contributed by atoms with Crippen molar-refractivity contribution in [3.05, 3.63) is 89.1 Å². The van der Waals surface area contributed by atoms with E-state index in [1.54, 1.807) is 26.0 Å². The number of amides is 1. The zero-order chi connectivity index (χ0) is 29.0. The first-order chi connectivity index (χ1) is 19.0. The van der Waals surface area contributed by atoms with Gasteiger partial charge in [-0.25, -0.2) is 22.2 Å². The molecule has 1 aromatic heterocycles. The fourth-order valence-electron chi connectivity index (χ4n) is 4.26. The molecule has 0 aliphatic carbocycles. The molecular weight excluding hydrogens is 540 g/mol. The Morgan fingerprint density at radius 3 is 2.50 bits per heavy atom. The van der Waals surface area contributed by atoms with Crippen LogP contribution < -0.4 is 4.74 Å². The number of carbonyl (C=O) groups excluding carboxylic acids is 1. The number of aliphatic hydroxyl groups is 1. The predicted molar refractivity (Wildman–Crippen MR) is 144 cm³/mol. The van der Waals surface area contributed by atoms with Gasteiger partial charge in [-0.3, -0.25) is 4.79 Å². The normalized spacial score (nSPS) is 18.2. The summed E-state index contributed by atoms with van der Waals surface area (Å²) < 4.78 is 61.7. The Morgan fingerprint density at radius 2 is 1.82 bits per heavy atom. The molecule has 0 saturated carbocycles. The largest absolute Gasteiger partial charge is 0.472 e. The molecule has 0 unspecified atom stereocenters. The molecule has 0 fully saturated rings. The number of hydrogen-bond donors (Lipinski definition) is 1. The Morgan fingerprint density at radius 1 is 1.15 bits per heavy atom. The number of likely N-dealkylation sites (N-methyl/N-ethyl adjacent to an activating group) is 1. The van der Waals surface area contributed by atoms with Crippen LogP contribution >= 0.6 is 0 Å². The van der Waals surface area contributed by atoms with Gasteiger partial charge in [0.1, 0.15) is 28.2 Å². The van der Waals surface area contributed by atoms with E-state index in [4.69, 9.17) is 4.74 Å². The van der Waals surface area contributed by atoms with Gasteiger partial charge >= 0.3 is 0 Å². The number of nitrogens with zero attached hydrogens (tertiary/aromatic N) is 3. The van der Waals surface area contributed by atoms with E-state index in [2.05, 4.69) is 16.8 Å². The number of carbonyl (C=O) groups is 1. The SMILES string of the molecule is C[C@H]1CN([C@@H](C)CO)C(=O)c2cc(C#Cc3ccccc3F)cnc2O[C@H]1CN(C)S(=O)(=O)c1ccccc1F. The van der Waals surface area contributed by atoms with Crippen LogP contribution in [0.25, 0.3) is 0 Å². The maximum atomic E-state index is 14.3. The Labute approximate surface area is 232 Å². The third kappa shape index (κ3) is 6.14. The fourth-order valence-corrected chi connectivity index (χ4v) is 5.51. The Bertz CT molecular complexity index is 1570. The molecule has 0 bridgehead atoms. The van der Waals surface area contributed by atoms with Crippen LogP contribution in [0.15, 0.2) is 65.7 Å². The van der Waals surface area contributed by atoms with Crippen LogP contribution in [0.3, 0.4) is 0 Å². The molecule has 40 heavy (non-hydrogen) atoms. The fraction of sp³-hybridized carbons (Fsp3) is 0.310. The highest BCUT2D eigenvalue weighted by Crippen LogP contribution is 2.28. The second-order valence-corrected chi connectivity index (χ2v) is 11.7. The molecule has 1 aliphatic rings. The second-order valence-electron chi connectivity index (χ2n) is 9.65. The lowest BCUT2D eigenvalue weighted by Gasteiger charge is -2.37. The van der Waals surface area contributed by atoms with Crippen molar-refractivity contribution >= 4 is 15.9 Å². The van der Waals surface area contributed by atoms with Gasteiger partial charge in [-0.05, 0) is 37.3 Å². The monoisotopic (exact) mass is 569 g/mol. The maximum Gasteiger partial charge on any atom is 0.259 e. The van der Waals surface area contributed by atoms with E-state index in [0.29, 0.717) is 5.56 Å². The van der Waals surface area contributed by atoms with Crippen LogP contribution in [-0.2, 0) is 10.0 Å². The van der Waals surface area contributed by atoms with Gasteiger partial charge in [0, 0.05) is 31.3 Å². The molecule has 0 spiro atoms. The van der Waals surface area contributed by atoms with Gasteiger partial charge in [0.15, 0.2) is 0 Å². The summed E-state index contributed by atoms with van der Waals surface area (Å²) in [6.07, 6.45) is 0.595. The summed E-state index contributed by atoms with van der Waals surface area (Å²) in [5.74, 6) is 3.30. The van der Waals surface area contributed by atoms with Gasteiger partial charge in [-0.2, -0.15) is 4.31 Å². The lowest BCUT2D eigenvalue weighted by Crippen LogP contribution is -2.50. The van der Waals surface area contributed by atoms with Crippen molar-refractivity contribution in [2.45, 2.75) is 30.9 Å². The summed E-state index contributed by atoms with van der Waals surface area (Å²) in [4.78, 5) is 18.9. The lowest BCUT2D eigenvalue weighted by atomic mass is 10.0. The first kappa shape index (κ1) is 29.1. The number of fused-ring (bicyclic) bond motifs is 1. The number of pyridine rings is 1. The van der Waals surface area contributed by atoms with Crippen LogP contribution in [0.4, 0.5) is 8.78 Å². The number of ether oxygens (including phenoxy) is 1. The zero-order valence-corrected chi connectivity index (χ0v) is 23.0. The molecule has 3 aromatic rings. The summed E-state index contributed by atoms with van der Waals surface area (Å²) in [7, 11) is -2.87. The van der Waals surface area contributed by atoms with Gasteiger partial charge in [0.25, 0.3) is 5.91 Å². The maximum absolute atomic E-state index is 14.3. The molecule has 1 amide bonds. The number of halogens is 2. The van der Waals surface area contributed by atoms with Crippen molar-refractivity contribution in [2.24, 2.45) is 5.92 Å². The van der Waals surface area contributed by atoms with E-state index in [0.717, 1.165) is 10.4 Å². The second kappa shape index (κ2) is 12.1. The van der Waals surface area contributed by atoms with Crippen LogP contribution in [-0.4, -0.2) is 72.5 Å². The molecule has 0 radical (unpaired) electrons. The van der Waals surface area contributed by atoms with E-state index in [1.165, 1.54) is 54.5 Å². The van der Waals surface area contributed by atoms with Gasteiger partial charge in [-0.1, -0.05) is 43.0 Å². The summed E-state index contributed by atoms with van der Waals surface area (Å²) in [5, 5.41) is 9.84. The van der Waals surface area contributed by atoms with Crippen molar-refractivity contribution in [2.75, 3.05) is 26.7 Å². The third-order valence-corrected chi connectivity index (χ3v) is 8.55. The van der Waals surface area contributed by atoms with E-state index in [9.17, 15) is 27.1 Å². The highest BCUT2D eigenvalue weighted by Gasteiger charge is 2.36. The molecule has 0 saturated heterocycles. The number of rotatable bonds is 6. The quantitative estimate of drug-likeness (QED) is 0.458. The Hall–Kier alpha value is -3.85. The summed E-state index contributed by atoms with van der Waals surface area (Å²) in [5.41, 5.74) is 0.581. The highest BCUT2D eigenvalue weighted by atomic mass is 32.2. The number of sulfonamides is 1. The molecule has 3 atom stereocenters. The minimum atomic E-state index is -4.19. The molecular formula is C29H29F2N3O5S. The van der Waals surface area contributed by atoms with Gasteiger partial charge < -0.3 is 14.7 Å². The van der Waals surface area contributed by atoms with Crippen LogP contribution in [0, 0.1) is 29.4 Å². The number of hydrogen-bond acceptors (Lipinski definition) is 6. The highest BCUT2D eigenvalue weighted by molar-refractivity contribution is 7.89. The van der Waals surface area contributed by atoms with Crippen molar-refractivity contribution in [1.82, 2.24) is 14.2 Å². The molecule has 2 aromatic carbocycles. The van der Waals surface area contributed by atoms with E-state index < -0.39 is 50.5 Å². The van der Waals surface area contributed by atoms with Crippen molar-refractivity contribution in [3.63, 3.8) is 0 Å². The van der Waals surface area contributed by atoms with E-state index >= 15 is 0 Å². The number of aliphatic hydroxyl groups excluding tert-OH is 1. The van der Waals surface area contributed by atoms with Crippen LogP contribution in [0.2, 0.25) is 0 Å². The molecule has 11 heteroatoms. The van der Waals surface area contributed by atoms with Gasteiger partial charge in [0.2, 0.25) is 15.9 Å². The molecule has 8 nitrogen and oxygen atoms in total. The average molecular weight is 570 g/mol. The number of aromatic nitrogens is 1. The minimum absolute atomic E-state index is 0.0372. The smallest absolute Gasteiger partial charge is 0.259 e. The van der Waals surface area contributed by atoms with E-state index in [1.807, 2.05) is 0 Å². The van der Waals surface area contributed by atoms with Crippen molar-refractivity contribution in [3.8, 4) is 17.7 Å². The molecule has 210 valence electrons. The van der Waals surface area contributed by atoms with Crippen molar-refractivity contribution in [1.29, 1.82) is 0 Å². The average Bonchev–Trinajstić information content (AvgIpc) is 2.94. The van der Waals surface area contributed by atoms with E-state index in [-0.39, 0.29) is 36.7 Å². The Balaban J connectivity index is 1.70. The first-order valence-corrected chi connectivity index (χ1v) is 14.0. The molecule has 4 rings (SSSR count).